The molecule has 45 heavy (non-hydrogen) atoms. The third-order valence-corrected chi connectivity index (χ3v) is 8.37. The van der Waals surface area contributed by atoms with E-state index in [2.05, 4.69) is 75.0 Å². The summed E-state index contributed by atoms with van der Waals surface area (Å²) in [6, 6.07) is 50.8. The van der Waals surface area contributed by atoms with Crippen LogP contribution in [0.3, 0.4) is 0 Å². The van der Waals surface area contributed by atoms with Crippen molar-refractivity contribution in [2.24, 2.45) is 0 Å². The fourth-order valence-corrected chi connectivity index (χ4v) is 6.42. The molecular formula is C39H22N6. The van der Waals surface area contributed by atoms with Crippen molar-refractivity contribution in [3.63, 3.8) is 0 Å². The van der Waals surface area contributed by atoms with Gasteiger partial charge in [-0.05, 0) is 97.1 Å². The Morgan fingerprint density at radius 3 is 1.42 bits per heavy atom. The summed E-state index contributed by atoms with van der Waals surface area (Å²) in [5.41, 5.74) is 10.3. The van der Waals surface area contributed by atoms with Crippen LogP contribution in [0.25, 0.3) is 27.5 Å². The van der Waals surface area contributed by atoms with E-state index in [4.69, 9.17) is 0 Å². The molecule has 6 aromatic carbocycles. The van der Waals surface area contributed by atoms with E-state index in [1.165, 1.54) is 0 Å². The maximum atomic E-state index is 9.81. The number of hydrogen-bond acceptors (Lipinski definition) is 5. The lowest BCUT2D eigenvalue weighted by Crippen LogP contribution is -2.16. The minimum Gasteiger partial charge on any atom is -0.306 e. The van der Waals surface area contributed by atoms with Crippen LogP contribution in [0.4, 0.5) is 34.1 Å². The largest absolute Gasteiger partial charge is 0.306 e. The second-order valence-electron chi connectivity index (χ2n) is 10.8. The van der Waals surface area contributed by atoms with E-state index >= 15 is 0 Å². The van der Waals surface area contributed by atoms with Crippen LogP contribution in [0.15, 0.2) is 133 Å². The van der Waals surface area contributed by atoms with Crippen molar-refractivity contribution < 1.29 is 0 Å². The fraction of sp³-hybridized carbons (Fsp3) is 0. The molecule has 1 aromatic heterocycles. The van der Waals surface area contributed by atoms with Gasteiger partial charge in [-0.2, -0.15) is 15.8 Å². The van der Waals surface area contributed by atoms with Crippen LogP contribution in [0, 0.1) is 34.0 Å². The smallest absolute Gasteiger partial charge is 0.0991 e. The number of nitriles is 3. The second kappa shape index (κ2) is 10.2. The summed E-state index contributed by atoms with van der Waals surface area (Å²) >= 11 is 0. The van der Waals surface area contributed by atoms with Gasteiger partial charge >= 0.3 is 0 Å². The first-order valence-electron chi connectivity index (χ1n) is 14.5. The van der Waals surface area contributed by atoms with Crippen molar-refractivity contribution in [3.8, 4) is 23.9 Å². The molecule has 0 amide bonds. The second-order valence-corrected chi connectivity index (χ2v) is 10.8. The van der Waals surface area contributed by atoms with Gasteiger partial charge in [0, 0.05) is 22.1 Å². The van der Waals surface area contributed by atoms with Crippen molar-refractivity contribution in [1.82, 2.24) is 4.57 Å². The van der Waals surface area contributed by atoms with E-state index < -0.39 is 0 Å². The molecule has 0 radical (unpaired) electrons. The maximum Gasteiger partial charge on any atom is 0.0991 e. The number of hydrogen-bond donors (Lipinski definition) is 0. The Kier molecular flexibility index (Phi) is 5.85. The molecule has 0 aliphatic carbocycles. The van der Waals surface area contributed by atoms with Gasteiger partial charge in [0.25, 0.3) is 0 Å². The molecule has 0 atom stereocenters. The zero-order valence-electron chi connectivity index (χ0n) is 23.9. The Balaban J connectivity index is 1.58. The number of anilines is 6. The number of fused-ring (bicyclic) bond motifs is 6. The van der Waals surface area contributed by atoms with Gasteiger partial charge in [0.05, 0.1) is 74.4 Å². The minimum absolute atomic E-state index is 0.583. The average molecular weight is 575 g/mol. The van der Waals surface area contributed by atoms with Crippen molar-refractivity contribution in [3.05, 3.63) is 150 Å². The Morgan fingerprint density at radius 2 is 0.867 bits per heavy atom. The third kappa shape index (κ3) is 3.93. The first-order valence-corrected chi connectivity index (χ1v) is 14.5. The number of benzene rings is 6. The standard InChI is InChI=1S/C39H22N6/c40-23-26-12-17-29(18-13-26)43-34-7-1-2-8-35(34)44(30-19-14-27(24-41)15-20-30)38-11-5-6-31-32-22-28(25-42)16-21-33(32)45(39(31)38)37-10-4-3-9-36(37)43/h1-22H. The molecule has 0 saturated heterocycles. The van der Waals surface area contributed by atoms with Gasteiger partial charge < -0.3 is 14.4 Å². The maximum absolute atomic E-state index is 9.81. The van der Waals surface area contributed by atoms with Gasteiger partial charge in [-0.15, -0.1) is 0 Å². The number of rotatable bonds is 2. The lowest BCUT2D eigenvalue weighted by Gasteiger charge is -2.32. The summed E-state index contributed by atoms with van der Waals surface area (Å²) < 4.78 is 2.29. The first kappa shape index (κ1) is 25.9. The van der Waals surface area contributed by atoms with Crippen LogP contribution in [0.2, 0.25) is 0 Å². The summed E-state index contributed by atoms with van der Waals surface area (Å²) in [4.78, 5) is 4.47. The Hall–Kier alpha value is -6.81. The highest BCUT2D eigenvalue weighted by molar-refractivity contribution is 6.16. The molecule has 208 valence electrons. The molecule has 0 fully saturated rings. The molecule has 1 aliphatic heterocycles. The Morgan fingerprint density at radius 1 is 0.400 bits per heavy atom. The predicted molar refractivity (Wildman–Crippen MR) is 178 cm³/mol. The normalized spacial score (nSPS) is 11.8. The third-order valence-electron chi connectivity index (χ3n) is 8.37. The van der Waals surface area contributed by atoms with Gasteiger partial charge in [0.2, 0.25) is 0 Å². The molecule has 0 saturated carbocycles. The number of para-hydroxylation sites is 5. The molecule has 0 unspecified atom stereocenters. The topological polar surface area (TPSA) is 82.8 Å². The quantitative estimate of drug-likeness (QED) is 0.205. The van der Waals surface area contributed by atoms with Crippen LogP contribution in [0.1, 0.15) is 16.7 Å². The van der Waals surface area contributed by atoms with Gasteiger partial charge in [0.1, 0.15) is 0 Å². The summed E-state index contributed by atoms with van der Waals surface area (Å²) in [5, 5.41) is 31.0. The summed E-state index contributed by atoms with van der Waals surface area (Å²) in [5.74, 6) is 0. The van der Waals surface area contributed by atoms with E-state index in [1.54, 1.807) is 0 Å². The summed E-state index contributed by atoms with van der Waals surface area (Å²) in [6.07, 6.45) is 0. The molecular weight excluding hydrogens is 552 g/mol. The SMILES string of the molecule is N#Cc1ccc(N2c3ccccc3N(c3ccc(C#N)cc3)c3cccc4c5cc(C#N)ccc5n(c34)-c3ccccc32)cc1. The minimum atomic E-state index is 0.583. The molecule has 6 nitrogen and oxygen atoms in total. The Bertz CT molecular complexity index is 2420. The van der Waals surface area contributed by atoms with Crippen molar-refractivity contribution >= 4 is 55.9 Å². The first-order chi connectivity index (χ1) is 22.2. The van der Waals surface area contributed by atoms with E-state index in [0.29, 0.717) is 16.7 Å². The molecule has 0 bridgehead atoms. The highest BCUT2D eigenvalue weighted by atomic mass is 15.2. The van der Waals surface area contributed by atoms with Crippen molar-refractivity contribution in [2.75, 3.05) is 9.80 Å². The van der Waals surface area contributed by atoms with Crippen LogP contribution in [-0.4, -0.2) is 4.57 Å². The van der Waals surface area contributed by atoms with Crippen LogP contribution < -0.4 is 9.80 Å². The molecule has 0 spiro atoms. The lowest BCUT2D eigenvalue weighted by molar-refractivity contribution is 1.15. The van der Waals surface area contributed by atoms with Crippen molar-refractivity contribution in [1.29, 1.82) is 15.8 Å². The average Bonchev–Trinajstić information content (AvgIpc) is 3.45. The zero-order chi connectivity index (χ0) is 30.5. The van der Waals surface area contributed by atoms with Gasteiger partial charge in [0.15, 0.2) is 0 Å². The zero-order valence-corrected chi connectivity index (χ0v) is 23.9. The highest BCUT2D eigenvalue weighted by Gasteiger charge is 2.29. The van der Waals surface area contributed by atoms with E-state index in [1.807, 2.05) is 91.0 Å². The monoisotopic (exact) mass is 574 g/mol. The molecule has 8 rings (SSSR count). The molecule has 0 N–H and O–H groups in total. The van der Waals surface area contributed by atoms with Crippen LogP contribution >= 0.6 is 0 Å². The number of aromatic nitrogens is 1. The van der Waals surface area contributed by atoms with Gasteiger partial charge in [-0.1, -0.05) is 36.4 Å². The van der Waals surface area contributed by atoms with E-state index in [-0.39, 0.29) is 0 Å². The van der Waals surface area contributed by atoms with Crippen molar-refractivity contribution in [2.45, 2.75) is 0 Å². The van der Waals surface area contributed by atoms with Gasteiger partial charge in [-0.3, -0.25) is 0 Å². The molecule has 6 heteroatoms. The molecule has 2 heterocycles. The highest BCUT2D eigenvalue weighted by Crippen LogP contribution is 2.51. The molecule has 7 aromatic rings. The van der Waals surface area contributed by atoms with Gasteiger partial charge in [-0.25, -0.2) is 0 Å². The summed E-state index contributed by atoms with van der Waals surface area (Å²) in [6.45, 7) is 0. The number of nitrogens with zero attached hydrogens (tertiary/aromatic N) is 6. The summed E-state index contributed by atoms with van der Waals surface area (Å²) in [7, 11) is 0. The van der Waals surface area contributed by atoms with Crippen LogP contribution in [0.5, 0.6) is 0 Å². The predicted octanol–water partition coefficient (Wildman–Crippen LogP) is 9.65. The van der Waals surface area contributed by atoms with E-state index in [0.717, 1.165) is 61.6 Å². The Labute approximate surface area is 259 Å². The molecule has 1 aliphatic rings. The lowest BCUT2D eigenvalue weighted by atomic mass is 10.1. The van der Waals surface area contributed by atoms with Crippen LogP contribution in [-0.2, 0) is 0 Å². The fourth-order valence-electron chi connectivity index (χ4n) is 6.42. The van der Waals surface area contributed by atoms with E-state index in [9.17, 15) is 15.8 Å².